The van der Waals surface area contributed by atoms with Gasteiger partial charge in [0.1, 0.15) is 5.82 Å². The molecule has 0 spiro atoms. The largest absolute Gasteiger partial charge is 0.383 e. The fraction of sp³-hybridized carbons (Fsp3) is 0.0833. The number of hydrogen-bond donors (Lipinski definition) is 5. The van der Waals surface area contributed by atoms with Gasteiger partial charge in [-0.05, 0) is 19.1 Å². The number of halogens is 4. The maximum Gasteiger partial charge on any atom is 0.222 e. The third kappa shape index (κ3) is 5.80. The van der Waals surface area contributed by atoms with Crippen LogP contribution in [0.4, 0.5) is 11.8 Å². The number of hydrogen-bond acceptors (Lipinski definition) is 5. The Balaban J connectivity index is 0.000000871. The maximum atomic E-state index is 6.15. The molecule has 0 unspecified atom stereocenters. The van der Waals surface area contributed by atoms with Crippen LogP contribution in [0.5, 0.6) is 0 Å². The summed E-state index contributed by atoms with van der Waals surface area (Å²) < 4.78 is 0. The molecule has 1 aromatic carbocycles. The third-order valence-electron chi connectivity index (χ3n) is 2.40. The first-order chi connectivity index (χ1) is 10.1. The van der Waals surface area contributed by atoms with E-state index in [-0.39, 0.29) is 30.1 Å². The maximum absolute atomic E-state index is 6.15. The molecule has 126 valence electrons. The van der Waals surface area contributed by atoms with Gasteiger partial charge in [-0.25, -0.2) is 4.98 Å². The summed E-state index contributed by atoms with van der Waals surface area (Å²) in [6.07, 6.45) is 0. The minimum atomic E-state index is -0.333. The number of anilines is 2. The zero-order valence-electron chi connectivity index (χ0n) is 11.9. The molecule has 0 aliphatic carbocycles. The summed E-state index contributed by atoms with van der Waals surface area (Å²) in [6.45, 7) is 1.76. The number of benzene rings is 1. The summed E-state index contributed by atoms with van der Waals surface area (Å²) >= 11 is 18.1. The predicted molar refractivity (Wildman–Crippen MR) is 99.4 cm³/mol. The first-order valence-corrected chi connectivity index (χ1v) is 6.90. The van der Waals surface area contributed by atoms with Crippen molar-refractivity contribution in [3.8, 4) is 11.1 Å². The van der Waals surface area contributed by atoms with E-state index in [4.69, 9.17) is 51.7 Å². The molecule has 11 heteroatoms. The van der Waals surface area contributed by atoms with E-state index in [9.17, 15) is 0 Å². The Morgan fingerprint density at radius 2 is 1.61 bits per heavy atom. The van der Waals surface area contributed by atoms with Gasteiger partial charge in [0.15, 0.2) is 5.96 Å². The van der Waals surface area contributed by atoms with Crippen molar-refractivity contribution in [2.75, 3.05) is 11.5 Å². The SMILES string of the molecule is Cc1nc(N)nc(N)c1-c1cc(Cl)cc(Cl)c1Cl.Cl.N=C(N)N. The number of aromatic nitrogens is 2. The Hall–Kier alpha value is -1.67. The number of guanidine groups is 1. The monoisotopic (exact) mass is 397 g/mol. The second kappa shape index (κ2) is 8.83. The summed E-state index contributed by atoms with van der Waals surface area (Å²) in [5.41, 5.74) is 22.1. The van der Waals surface area contributed by atoms with Crippen LogP contribution in [0.15, 0.2) is 12.1 Å². The van der Waals surface area contributed by atoms with Crippen LogP contribution in [0.1, 0.15) is 5.69 Å². The highest BCUT2D eigenvalue weighted by Crippen LogP contribution is 2.39. The van der Waals surface area contributed by atoms with E-state index in [0.29, 0.717) is 31.9 Å². The van der Waals surface area contributed by atoms with Crippen LogP contribution < -0.4 is 22.9 Å². The minimum Gasteiger partial charge on any atom is -0.383 e. The van der Waals surface area contributed by atoms with Crippen LogP contribution >= 0.6 is 47.2 Å². The van der Waals surface area contributed by atoms with Crippen LogP contribution in [0.3, 0.4) is 0 Å². The number of aryl methyl sites for hydroxylation is 1. The summed E-state index contributed by atoms with van der Waals surface area (Å²) in [7, 11) is 0. The van der Waals surface area contributed by atoms with E-state index < -0.39 is 0 Å². The Morgan fingerprint density at radius 1 is 1.09 bits per heavy atom. The van der Waals surface area contributed by atoms with Gasteiger partial charge < -0.3 is 22.9 Å². The lowest BCUT2D eigenvalue weighted by atomic mass is 10.0. The fourth-order valence-corrected chi connectivity index (χ4v) is 2.39. The van der Waals surface area contributed by atoms with Gasteiger partial charge in [0.05, 0.1) is 15.7 Å². The highest BCUT2D eigenvalue weighted by Gasteiger charge is 2.16. The fourth-order valence-electron chi connectivity index (χ4n) is 1.69. The molecule has 0 aliphatic rings. The standard InChI is InChI=1S/C11H9Cl3N4.CH5N3.ClH/c1-4-8(10(15)18-11(16)17-4)6-2-5(12)3-7(13)9(6)14;2-1(3)4;/h2-3H,1H3,(H4,15,16,17,18);(H5,2,3,4);1H. The molecule has 7 nitrogen and oxygen atoms in total. The highest BCUT2D eigenvalue weighted by atomic mass is 35.5. The number of nitrogens with zero attached hydrogens (tertiary/aromatic N) is 2. The average molecular weight is 399 g/mol. The lowest BCUT2D eigenvalue weighted by Gasteiger charge is -2.12. The molecule has 0 aliphatic heterocycles. The Labute approximate surface area is 154 Å². The second-order valence-electron chi connectivity index (χ2n) is 4.13. The van der Waals surface area contributed by atoms with E-state index in [1.807, 2.05) is 0 Å². The molecule has 1 aromatic heterocycles. The van der Waals surface area contributed by atoms with Crippen molar-refractivity contribution in [2.45, 2.75) is 6.92 Å². The molecule has 2 aromatic rings. The van der Waals surface area contributed by atoms with E-state index in [0.717, 1.165) is 0 Å². The van der Waals surface area contributed by atoms with Gasteiger partial charge in [0.2, 0.25) is 5.95 Å². The lowest BCUT2D eigenvalue weighted by Crippen LogP contribution is -2.20. The Kier molecular flexibility index (Phi) is 8.19. The molecule has 0 saturated heterocycles. The first-order valence-electron chi connectivity index (χ1n) is 5.77. The topological polar surface area (TPSA) is 154 Å². The molecule has 0 bridgehead atoms. The number of nitrogens with two attached hydrogens (primary N) is 4. The van der Waals surface area contributed by atoms with Gasteiger partial charge in [-0.1, -0.05) is 34.8 Å². The molecule has 23 heavy (non-hydrogen) atoms. The van der Waals surface area contributed by atoms with Crippen molar-refractivity contribution >= 4 is 64.9 Å². The van der Waals surface area contributed by atoms with Crippen LogP contribution in [0, 0.1) is 12.3 Å². The molecule has 0 saturated carbocycles. The summed E-state index contributed by atoms with van der Waals surface area (Å²) in [5.74, 6) is 0.0123. The Bertz CT molecular complexity index is 694. The molecule has 0 atom stereocenters. The second-order valence-corrected chi connectivity index (χ2v) is 5.35. The number of rotatable bonds is 1. The van der Waals surface area contributed by atoms with Crippen molar-refractivity contribution in [1.82, 2.24) is 9.97 Å². The first kappa shape index (κ1) is 21.3. The van der Waals surface area contributed by atoms with Crippen LogP contribution in [0.25, 0.3) is 11.1 Å². The summed E-state index contributed by atoms with van der Waals surface area (Å²) in [5, 5.41) is 7.20. The van der Waals surface area contributed by atoms with E-state index in [2.05, 4.69) is 21.4 Å². The van der Waals surface area contributed by atoms with Crippen molar-refractivity contribution in [3.05, 3.63) is 32.9 Å². The molecular weight excluding hydrogens is 384 g/mol. The van der Waals surface area contributed by atoms with Gasteiger partial charge in [0, 0.05) is 16.1 Å². The zero-order chi connectivity index (χ0) is 17.0. The molecule has 0 amide bonds. The van der Waals surface area contributed by atoms with Gasteiger partial charge in [-0.15, -0.1) is 12.4 Å². The molecule has 0 radical (unpaired) electrons. The van der Waals surface area contributed by atoms with E-state index in [1.54, 1.807) is 19.1 Å². The van der Waals surface area contributed by atoms with Gasteiger partial charge in [-0.3, -0.25) is 5.41 Å². The van der Waals surface area contributed by atoms with Gasteiger partial charge in [0.25, 0.3) is 0 Å². The predicted octanol–water partition coefficient (Wildman–Crippen LogP) is 2.84. The zero-order valence-corrected chi connectivity index (χ0v) is 15.0. The average Bonchev–Trinajstić information content (AvgIpc) is 2.33. The van der Waals surface area contributed by atoms with Gasteiger partial charge in [-0.2, -0.15) is 4.98 Å². The number of nitrogens with one attached hydrogen (secondary N) is 1. The lowest BCUT2D eigenvalue weighted by molar-refractivity contribution is 1.13. The number of nitrogen functional groups attached to an aromatic ring is 2. The van der Waals surface area contributed by atoms with Crippen molar-refractivity contribution in [2.24, 2.45) is 11.5 Å². The molecule has 9 N–H and O–H groups in total. The van der Waals surface area contributed by atoms with Crippen LogP contribution in [0.2, 0.25) is 15.1 Å². The van der Waals surface area contributed by atoms with Crippen molar-refractivity contribution < 1.29 is 0 Å². The smallest absolute Gasteiger partial charge is 0.222 e. The van der Waals surface area contributed by atoms with E-state index >= 15 is 0 Å². The third-order valence-corrected chi connectivity index (χ3v) is 3.42. The van der Waals surface area contributed by atoms with Crippen molar-refractivity contribution in [3.63, 3.8) is 0 Å². The van der Waals surface area contributed by atoms with Gasteiger partial charge >= 0.3 is 0 Å². The van der Waals surface area contributed by atoms with E-state index in [1.165, 1.54) is 0 Å². The van der Waals surface area contributed by atoms with Crippen molar-refractivity contribution in [1.29, 1.82) is 5.41 Å². The highest BCUT2D eigenvalue weighted by molar-refractivity contribution is 6.45. The quantitative estimate of drug-likeness (QED) is 0.282. The van der Waals surface area contributed by atoms with Crippen LogP contribution in [-0.4, -0.2) is 15.9 Å². The summed E-state index contributed by atoms with van der Waals surface area (Å²) in [4.78, 5) is 7.96. The van der Waals surface area contributed by atoms with Crippen LogP contribution in [-0.2, 0) is 0 Å². The molecule has 2 rings (SSSR count). The molecule has 1 heterocycles. The molecule has 0 fully saturated rings. The molecular formula is C12H15Cl4N7. The normalized spacial score (nSPS) is 9.39. The minimum absolute atomic E-state index is 0. The summed E-state index contributed by atoms with van der Waals surface area (Å²) in [6, 6.07) is 3.21. The Morgan fingerprint density at radius 3 is 2.09 bits per heavy atom.